The third-order valence-electron chi connectivity index (χ3n) is 2.93. The first-order valence-corrected chi connectivity index (χ1v) is 6.03. The van der Waals surface area contributed by atoms with Crippen LogP contribution in [0.15, 0.2) is 30.3 Å². The Morgan fingerprint density at radius 2 is 1.94 bits per heavy atom. The summed E-state index contributed by atoms with van der Waals surface area (Å²) in [6.07, 6.45) is 1.99. The number of carbonyl (C=O) groups excluding carboxylic acids is 1. The van der Waals surface area contributed by atoms with E-state index in [1.54, 1.807) is 0 Å². The van der Waals surface area contributed by atoms with Crippen molar-refractivity contribution in [2.24, 2.45) is 5.73 Å². The van der Waals surface area contributed by atoms with Crippen LogP contribution in [-0.4, -0.2) is 17.5 Å². The lowest BCUT2D eigenvalue weighted by Gasteiger charge is -2.27. The lowest BCUT2D eigenvalue weighted by molar-refractivity contribution is -0.123. The van der Waals surface area contributed by atoms with Crippen LogP contribution in [0.1, 0.15) is 32.8 Å². The molecule has 0 heterocycles. The van der Waals surface area contributed by atoms with Crippen LogP contribution in [-0.2, 0) is 11.2 Å². The third-order valence-corrected chi connectivity index (χ3v) is 2.93. The lowest BCUT2D eigenvalue weighted by Crippen LogP contribution is -2.53. The fourth-order valence-electron chi connectivity index (χ4n) is 1.79. The number of amides is 1. The molecule has 0 spiro atoms. The van der Waals surface area contributed by atoms with Gasteiger partial charge in [-0.1, -0.05) is 30.3 Å². The van der Waals surface area contributed by atoms with Crippen molar-refractivity contribution < 1.29 is 4.79 Å². The number of primary amides is 1. The summed E-state index contributed by atoms with van der Waals surface area (Å²) in [5.74, 6) is -0.316. The number of rotatable bonds is 6. The topological polar surface area (TPSA) is 55.1 Å². The second-order valence-corrected chi connectivity index (χ2v) is 5.06. The number of nitrogens with two attached hydrogens (primary N) is 1. The van der Waals surface area contributed by atoms with Gasteiger partial charge in [-0.2, -0.15) is 0 Å². The molecule has 0 fully saturated rings. The van der Waals surface area contributed by atoms with Crippen molar-refractivity contribution in [1.29, 1.82) is 0 Å². The standard InChI is InChI=1S/C14H22N2O/c1-11(16-14(2,3)13(15)17)9-10-12-7-5-4-6-8-12/h4-8,11,16H,9-10H2,1-3H3,(H2,15,17). The van der Waals surface area contributed by atoms with E-state index in [9.17, 15) is 4.79 Å². The van der Waals surface area contributed by atoms with Gasteiger partial charge >= 0.3 is 0 Å². The number of benzene rings is 1. The number of carbonyl (C=O) groups is 1. The molecule has 17 heavy (non-hydrogen) atoms. The number of hydrogen-bond acceptors (Lipinski definition) is 2. The highest BCUT2D eigenvalue weighted by Gasteiger charge is 2.25. The molecule has 3 N–H and O–H groups in total. The van der Waals surface area contributed by atoms with E-state index in [1.165, 1.54) is 5.56 Å². The molecule has 1 unspecified atom stereocenters. The zero-order chi connectivity index (χ0) is 12.9. The summed E-state index contributed by atoms with van der Waals surface area (Å²) in [6, 6.07) is 10.6. The molecule has 1 aromatic carbocycles. The Morgan fingerprint density at radius 1 is 1.35 bits per heavy atom. The van der Waals surface area contributed by atoms with E-state index in [-0.39, 0.29) is 11.9 Å². The van der Waals surface area contributed by atoms with Crippen molar-refractivity contribution in [3.63, 3.8) is 0 Å². The summed E-state index contributed by atoms with van der Waals surface area (Å²) >= 11 is 0. The molecule has 3 nitrogen and oxygen atoms in total. The van der Waals surface area contributed by atoms with E-state index < -0.39 is 5.54 Å². The Balaban J connectivity index is 2.41. The average Bonchev–Trinajstić information content (AvgIpc) is 2.27. The fourth-order valence-corrected chi connectivity index (χ4v) is 1.79. The van der Waals surface area contributed by atoms with Crippen LogP contribution in [0, 0.1) is 0 Å². The van der Waals surface area contributed by atoms with Gasteiger partial charge in [0.1, 0.15) is 0 Å². The summed E-state index contributed by atoms with van der Waals surface area (Å²) in [7, 11) is 0. The zero-order valence-electron chi connectivity index (χ0n) is 10.9. The molecule has 94 valence electrons. The molecule has 0 aliphatic rings. The molecule has 1 atom stereocenters. The number of nitrogens with one attached hydrogen (secondary N) is 1. The predicted molar refractivity (Wildman–Crippen MR) is 70.6 cm³/mol. The minimum atomic E-state index is -0.643. The van der Waals surface area contributed by atoms with E-state index in [4.69, 9.17) is 5.73 Å². The van der Waals surface area contributed by atoms with Crippen LogP contribution in [0.25, 0.3) is 0 Å². The predicted octanol–water partition coefficient (Wildman–Crippen LogP) is 1.86. The van der Waals surface area contributed by atoms with Gasteiger partial charge in [-0.15, -0.1) is 0 Å². The van der Waals surface area contributed by atoms with Crippen molar-refractivity contribution in [2.75, 3.05) is 0 Å². The average molecular weight is 234 g/mol. The van der Waals surface area contributed by atoms with Gasteiger partial charge in [0.2, 0.25) is 5.91 Å². The molecule has 0 saturated carbocycles. The molecule has 0 bridgehead atoms. The SMILES string of the molecule is CC(CCc1ccccc1)NC(C)(C)C(N)=O. The van der Waals surface area contributed by atoms with E-state index in [0.717, 1.165) is 12.8 Å². The second-order valence-electron chi connectivity index (χ2n) is 5.06. The smallest absolute Gasteiger partial charge is 0.237 e. The Labute approximate surface area is 103 Å². The van der Waals surface area contributed by atoms with Gasteiger partial charge in [0.15, 0.2) is 0 Å². The van der Waals surface area contributed by atoms with Gasteiger partial charge in [-0.3, -0.25) is 4.79 Å². The molecule has 1 aromatic rings. The minimum Gasteiger partial charge on any atom is -0.368 e. The van der Waals surface area contributed by atoms with Crippen LogP contribution >= 0.6 is 0 Å². The Kier molecular flexibility index (Phi) is 4.70. The van der Waals surface area contributed by atoms with Crippen LogP contribution in [0.4, 0.5) is 0 Å². The number of aryl methyl sites for hydroxylation is 1. The summed E-state index contributed by atoms with van der Waals surface area (Å²) in [5, 5.41) is 3.25. The Morgan fingerprint density at radius 3 is 2.47 bits per heavy atom. The molecule has 0 aliphatic heterocycles. The van der Waals surface area contributed by atoms with Gasteiger partial charge in [-0.05, 0) is 39.2 Å². The van der Waals surface area contributed by atoms with Gasteiger partial charge in [0, 0.05) is 6.04 Å². The van der Waals surface area contributed by atoms with Crippen LogP contribution in [0.3, 0.4) is 0 Å². The van der Waals surface area contributed by atoms with Crippen molar-refractivity contribution in [3.05, 3.63) is 35.9 Å². The van der Waals surface area contributed by atoms with Crippen molar-refractivity contribution >= 4 is 5.91 Å². The molecule has 0 saturated heterocycles. The summed E-state index contributed by atoms with van der Waals surface area (Å²) < 4.78 is 0. The molecule has 1 rings (SSSR count). The fraction of sp³-hybridized carbons (Fsp3) is 0.500. The largest absolute Gasteiger partial charge is 0.368 e. The van der Waals surface area contributed by atoms with Gasteiger partial charge in [-0.25, -0.2) is 0 Å². The maximum atomic E-state index is 11.2. The molecule has 0 aromatic heterocycles. The molecular weight excluding hydrogens is 212 g/mol. The minimum absolute atomic E-state index is 0.262. The van der Waals surface area contributed by atoms with Crippen molar-refractivity contribution in [2.45, 2.75) is 45.2 Å². The first-order chi connectivity index (χ1) is 7.92. The van der Waals surface area contributed by atoms with Crippen molar-refractivity contribution in [3.8, 4) is 0 Å². The molecule has 0 radical (unpaired) electrons. The van der Waals surface area contributed by atoms with E-state index >= 15 is 0 Å². The zero-order valence-corrected chi connectivity index (χ0v) is 10.9. The lowest BCUT2D eigenvalue weighted by atomic mass is 10.0. The maximum absolute atomic E-state index is 11.2. The summed E-state index contributed by atoms with van der Waals surface area (Å²) in [5.41, 5.74) is 6.00. The molecule has 3 heteroatoms. The molecule has 0 aliphatic carbocycles. The van der Waals surface area contributed by atoms with E-state index in [1.807, 2.05) is 32.0 Å². The quantitative estimate of drug-likeness (QED) is 0.789. The summed E-state index contributed by atoms with van der Waals surface area (Å²) in [4.78, 5) is 11.2. The van der Waals surface area contributed by atoms with Crippen molar-refractivity contribution in [1.82, 2.24) is 5.32 Å². The molecule has 1 amide bonds. The highest BCUT2D eigenvalue weighted by atomic mass is 16.1. The monoisotopic (exact) mass is 234 g/mol. The third kappa shape index (κ3) is 4.57. The van der Waals surface area contributed by atoms with E-state index in [2.05, 4.69) is 24.4 Å². The van der Waals surface area contributed by atoms with Crippen LogP contribution < -0.4 is 11.1 Å². The van der Waals surface area contributed by atoms with Crippen LogP contribution in [0.2, 0.25) is 0 Å². The second kappa shape index (κ2) is 5.82. The van der Waals surface area contributed by atoms with E-state index in [0.29, 0.717) is 0 Å². The highest BCUT2D eigenvalue weighted by molar-refractivity contribution is 5.83. The summed E-state index contributed by atoms with van der Waals surface area (Å²) in [6.45, 7) is 5.70. The first-order valence-electron chi connectivity index (χ1n) is 6.03. The van der Waals surface area contributed by atoms with Crippen LogP contribution in [0.5, 0.6) is 0 Å². The maximum Gasteiger partial charge on any atom is 0.237 e. The van der Waals surface area contributed by atoms with Gasteiger partial charge in [0.05, 0.1) is 5.54 Å². The normalized spacial score (nSPS) is 13.4. The molecular formula is C14H22N2O. The number of hydrogen-bond donors (Lipinski definition) is 2. The first kappa shape index (κ1) is 13.7. The van der Waals surface area contributed by atoms with Gasteiger partial charge in [0.25, 0.3) is 0 Å². The van der Waals surface area contributed by atoms with Gasteiger partial charge < -0.3 is 11.1 Å². The Bertz CT molecular complexity index is 360. The Hall–Kier alpha value is -1.35. The highest BCUT2D eigenvalue weighted by Crippen LogP contribution is 2.08.